The summed E-state index contributed by atoms with van der Waals surface area (Å²) in [4.78, 5) is 11.9. The standard InChI is InChI=1S/C22H23NO5S/c1-27-19-10-5-7-17(15-19)16-23(14-13-22(24)28-2)29(25,26)21-12-6-9-18-8-3-4-11-20(18)21/h3-12,15H,13-14,16H2,1-2H3. The summed E-state index contributed by atoms with van der Waals surface area (Å²) in [5.41, 5.74) is 0.762. The largest absolute Gasteiger partial charge is 0.497 e. The average molecular weight is 413 g/mol. The monoisotopic (exact) mass is 413 g/mol. The first-order chi connectivity index (χ1) is 14.0. The first-order valence-corrected chi connectivity index (χ1v) is 10.6. The van der Waals surface area contributed by atoms with Gasteiger partial charge in [-0.25, -0.2) is 8.42 Å². The number of fused-ring (bicyclic) bond motifs is 1. The van der Waals surface area contributed by atoms with Crippen molar-refractivity contribution in [2.75, 3.05) is 20.8 Å². The SMILES string of the molecule is COC(=O)CCN(Cc1cccc(OC)c1)S(=O)(=O)c1cccc2ccccc12. The number of carbonyl (C=O) groups excluding carboxylic acids is 1. The van der Waals surface area contributed by atoms with E-state index in [0.717, 1.165) is 10.9 Å². The Morgan fingerprint density at radius 2 is 1.69 bits per heavy atom. The molecule has 7 heteroatoms. The fraction of sp³-hybridized carbons (Fsp3) is 0.227. The third kappa shape index (κ3) is 4.75. The lowest BCUT2D eigenvalue weighted by molar-refractivity contribution is -0.140. The van der Waals surface area contributed by atoms with E-state index in [1.807, 2.05) is 30.3 Å². The Hall–Kier alpha value is -2.90. The summed E-state index contributed by atoms with van der Waals surface area (Å²) < 4.78 is 38.3. The summed E-state index contributed by atoms with van der Waals surface area (Å²) in [6, 6.07) is 19.7. The third-order valence-corrected chi connectivity index (χ3v) is 6.56. The van der Waals surface area contributed by atoms with Crippen LogP contribution in [0.5, 0.6) is 5.75 Å². The van der Waals surface area contributed by atoms with Gasteiger partial charge in [-0.3, -0.25) is 4.79 Å². The third-order valence-electron chi connectivity index (χ3n) is 4.65. The Labute approximate surface area is 170 Å². The van der Waals surface area contributed by atoms with E-state index in [1.165, 1.54) is 11.4 Å². The maximum absolute atomic E-state index is 13.5. The van der Waals surface area contributed by atoms with E-state index in [9.17, 15) is 13.2 Å². The van der Waals surface area contributed by atoms with Gasteiger partial charge >= 0.3 is 5.97 Å². The van der Waals surface area contributed by atoms with Crippen LogP contribution in [0.15, 0.2) is 71.6 Å². The van der Waals surface area contributed by atoms with Crippen molar-refractivity contribution in [3.05, 3.63) is 72.3 Å². The molecule has 0 bridgehead atoms. The lowest BCUT2D eigenvalue weighted by atomic mass is 10.1. The number of benzene rings is 3. The normalized spacial score (nSPS) is 11.6. The summed E-state index contributed by atoms with van der Waals surface area (Å²) >= 11 is 0. The second-order valence-electron chi connectivity index (χ2n) is 6.49. The van der Waals surface area contributed by atoms with E-state index in [2.05, 4.69) is 0 Å². The highest BCUT2D eigenvalue weighted by Gasteiger charge is 2.27. The smallest absolute Gasteiger partial charge is 0.306 e. The van der Waals surface area contributed by atoms with Gasteiger partial charge in [0.1, 0.15) is 5.75 Å². The highest BCUT2D eigenvalue weighted by Crippen LogP contribution is 2.27. The van der Waals surface area contributed by atoms with Gasteiger partial charge in [0.2, 0.25) is 10.0 Å². The Balaban J connectivity index is 2.02. The van der Waals surface area contributed by atoms with E-state index in [1.54, 1.807) is 43.5 Å². The minimum Gasteiger partial charge on any atom is -0.497 e. The Bertz CT molecular complexity index is 1110. The quantitative estimate of drug-likeness (QED) is 0.528. The van der Waals surface area contributed by atoms with Crippen molar-refractivity contribution in [3.63, 3.8) is 0 Å². The minimum absolute atomic E-state index is 0.00936. The van der Waals surface area contributed by atoms with Gasteiger partial charge in [-0.15, -0.1) is 0 Å². The van der Waals surface area contributed by atoms with Gasteiger partial charge in [0, 0.05) is 18.5 Å². The molecular weight excluding hydrogens is 390 g/mol. The molecule has 0 heterocycles. The lowest BCUT2D eigenvalue weighted by Crippen LogP contribution is -2.33. The van der Waals surface area contributed by atoms with E-state index >= 15 is 0 Å². The summed E-state index contributed by atoms with van der Waals surface area (Å²) in [5, 5.41) is 1.48. The van der Waals surface area contributed by atoms with Gasteiger partial charge in [0.05, 0.1) is 25.5 Å². The van der Waals surface area contributed by atoms with Crippen molar-refractivity contribution in [1.82, 2.24) is 4.31 Å². The molecule has 3 aromatic rings. The Morgan fingerprint density at radius 3 is 2.45 bits per heavy atom. The number of carbonyl (C=O) groups is 1. The molecule has 0 aliphatic carbocycles. The first kappa shape index (κ1) is 20.8. The number of sulfonamides is 1. The molecule has 0 aliphatic rings. The van der Waals surface area contributed by atoms with E-state index in [-0.39, 0.29) is 24.4 Å². The molecule has 0 atom stereocenters. The molecule has 3 rings (SSSR count). The fourth-order valence-electron chi connectivity index (χ4n) is 3.14. The molecule has 0 aromatic heterocycles. The molecule has 0 unspecified atom stereocenters. The zero-order chi connectivity index (χ0) is 20.9. The van der Waals surface area contributed by atoms with Gasteiger partial charge in [-0.2, -0.15) is 4.31 Å². The summed E-state index contributed by atoms with van der Waals surface area (Å²) in [5.74, 6) is 0.173. The maximum atomic E-state index is 13.5. The van der Waals surface area contributed by atoms with Gasteiger partial charge in [0.15, 0.2) is 0 Å². The molecule has 0 saturated heterocycles. The number of rotatable bonds is 8. The van der Waals surface area contributed by atoms with Crippen LogP contribution in [0.25, 0.3) is 10.8 Å². The fourth-order valence-corrected chi connectivity index (χ4v) is 4.78. The van der Waals surface area contributed by atoms with Crippen LogP contribution in [0, 0.1) is 0 Å². The zero-order valence-electron chi connectivity index (χ0n) is 16.4. The highest BCUT2D eigenvalue weighted by molar-refractivity contribution is 7.89. The molecule has 6 nitrogen and oxygen atoms in total. The Morgan fingerprint density at radius 1 is 0.966 bits per heavy atom. The number of nitrogens with zero attached hydrogens (tertiary/aromatic N) is 1. The zero-order valence-corrected chi connectivity index (χ0v) is 17.2. The number of hydrogen-bond donors (Lipinski definition) is 0. The topological polar surface area (TPSA) is 72.9 Å². The van der Waals surface area contributed by atoms with Crippen molar-refractivity contribution in [1.29, 1.82) is 0 Å². The van der Waals surface area contributed by atoms with Gasteiger partial charge < -0.3 is 9.47 Å². The molecule has 0 saturated carbocycles. The van der Waals surface area contributed by atoms with E-state index < -0.39 is 16.0 Å². The summed E-state index contributed by atoms with van der Waals surface area (Å²) in [6.07, 6.45) is -0.0372. The predicted molar refractivity (Wildman–Crippen MR) is 111 cm³/mol. The predicted octanol–water partition coefficient (Wildman–Crippen LogP) is 3.60. The van der Waals surface area contributed by atoms with Crippen LogP contribution in [-0.2, 0) is 26.1 Å². The van der Waals surface area contributed by atoms with Crippen molar-refractivity contribution in [3.8, 4) is 5.75 Å². The molecular formula is C22H23NO5S. The molecule has 29 heavy (non-hydrogen) atoms. The van der Waals surface area contributed by atoms with Crippen LogP contribution in [0.3, 0.4) is 0 Å². The molecule has 0 aliphatic heterocycles. The first-order valence-electron chi connectivity index (χ1n) is 9.13. The van der Waals surface area contributed by atoms with Crippen molar-refractivity contribution in [2.24, 2.45) is 0 Å². The number of methoxy groups -OCH3 is 2. The second-order valence-corrected chi connectivity index (χ2v) is 8.40. The van der Waals surface area contributed by atoms with E-state index in [0.29, 0.717) is 11.1 Å². The minimum atomic E-state index is -3.86. The van der Waals surface area contributed by atoms with Crippen LogP contribution in [0.4, 0.5) is 0 Å². The van der Waals surface area contributed by atoms with Crippen molar-refractivity contribution < 1.29 is 22.7 Å². The average Bonchev–Trinajstić information content (AvgIpc) is 2.75. The van der Waals surface area contributed by atoms with Crippen molar-refractivity contribution in [2.45, 2.75) is 17.9 Å². The van der Waals surface area contributed by atoms with Crippen LogP contribution >= 0.6 is 0 Å². The van der Waals surface area contributed by atoms with Crippen LogP contribution in [0.1, 0.15) is 12.0 Å². The van der Waals surface area contributed by atoms with Crippen LogP contribution < -0.4 is 4.74 Å². The highest BCUT2D eigenvalue weighted by atomic mass is 32.2. The molecule has 152 valence electrons. The number of hydrogen-bond acceptors (Lipinski definition) is 5. The van der Waals surface area contributed by atoms with Crippen LogP contribution in [-0.4, -0.2) is 39.5 Å². The van der Waals surface area contributed by atoms with E-state index in [4.69, 9.17) is 9.47 Å². The molecule has 0 N–H and O–H groups in total. The maximum Gasteiger partial charge on any atom is 0.306 e. The van der Waals surface area contributed by atoms with Gasteiger partial charge in [-0.05, 0) is 29.1 Å². The van der Waals surface area contributed by atoms with Crippen LogP contribution in [0.2, 0.25) is 0 Å². The molecule has 0 fully saturated rings. The number of ether oxygens (including phenoxy) is 2. The molecule has 0 spiro atoms. The summed E-state index contributed by atoms with van der Waals surface area (Å²) in [7, 11) is -1.02. The Kier molecular flexibility index (Phi) is 6.51. The lowest BCUT2D eigenvalue weighted by Gasteiger charge is -2.23. The second kappa shape index (κ2) is 9.07. The number of esters is 1. The molecule has 3 aromatic carbocycles. The van der Waals surface area contributed by atoms with Crippen molar-refractivity contribution >= 4 is 26.8 Å². The molecule has 0 radical (unpaired) electrons. The molecule has 0 amide bonds. The summed E-state index contributed by atoms with van der Waals surface area (Å²) in [6.45, 7) is 0.120. The van der Waals surface area contributed by atoms with Gasteiger partial charge in [-0.1, -0.05) is 48.5 Å². The van der Waals surface area contributed by atoms with Gasteiger partial charge in [0.25, 0.3) is 0 Å².